The van der Waals surface area contributed by atoms with Crippen LogP contribution >= 0.6 is 0 Å². The fourth-order valence-corrected chi connectivity index (χ4v) is 0.994. The zero-order chi connectivity index (χ0) is 11.5. The molecule has 0 radical (unpaired) electrons. The molecule has 0 atom stereocenters. The van der Waals surface area contributed by atoms with Gasteiger partial charge >= 0.3 is 11.9 Å². The van der Waals surface area contributed by atoms with E-state index in [1.807, 2.05) is 0 Å². The molecule has 0 aromatic rings. The van der Waals surface area contributed by atoms with Crippen molar-refractivity contribution in [2.24, 2.45) is 0 Å². The van der Waals surface area contributed by atoms with Gasteiger partial charge in [0.1, 0.15) is 0 Å². The second-order valence-electron chi connectivity index (χ2n) is 3.14. The van der Waals surface area contributed by atoms with E-state index < -0.39 is 11.9 Å². The highest BCUT2D eigenvalue weighted by atomic mass is 16.4. The van der Waals surface area contributed by atoms with Gasteiger partial charge in [-0.3, -0.25) is 9.59 Å². The Kier molecular flexibility index (Phi) is 8.70. The van der Waals surface area contributed by atoms with Gasteiger partial charge in [-0.05, 0) is 6.42 Å². The summed E-state index contributed by atoms with van der Waals surface area (Å²) in [6, 6.07) is 0. The van der Waals surface area contributed by atoms with Crippen LogP contribution < -0.4 is 10.6 Å². The molecule has 0 bridgehead atoms. The number of piperazine rings is 1. The lowest BCUT2D eigenvalue weighted by molar-refractivity contribution is -0.138. The van der Waals surface area contributed by atoms with Crippen LogP contribution in [0.1, 0.15) is 19.3 Å². The van der Waals surface area contributed by atoms with Gasteiger partial charge in [-0.1, -0.05) is 0 Å². The molecule has 0 aliphatic carbocycles. The molecule has 6 nitrogen and oxygen atoms in total. The fraction of sp³-hybridized carbons (Fsp3) is 0.778. The molecular weight excluding hydrogens is 200 g/mol. The number of carboxylic acid groups (broad SMARTS) is 2. The van der Waals surface area contributed by atoms with Crippen molar-refractivity contribution in [1.82, 2.24) is 10.6 Å². The average Bonchev–Trinajstić information content (AvgIpc) is 2.20. The quantitative estimate of drug-likeness (QED) is 0.508. The van der Waals surface area contributed by atoms with Gasteiger partial charge in [0, 0.05) is 39.0 Å². The SMILES string of the molecule is C1CNCCN1.O=C(O)CCCC(=O)O. The number of carbonyl (C=O) groups is 2. The first-order chi connectivity index (χ1) is 7.13. The molecule has 1 heterocycles. The second-order valence-corrected chi connectivity index (χ2v) is 3.14. The third kappa shape index (κ3) is 12.9. The van der Waals surface area contributed by atoms with E-state index >= 15 is 0 Å². The van der Waals surface area contributed by atoms with E-state index in [1.54, 1.807) is 0 Å². The minimum absolute atomic E-state index is 0.0632. The monoisotopic (exact) mass is 218 g/mol. The first kappa shape index (κ1) is 13.9. The van der Waals surface area contributed by atoms with Crippen LogP contribution in [-0.2, 0) is 9.59 Å². The van der Waals surface area contributed by atoms with Gasteiger partial charge in [0.05, 0.1) is 0 Å². The first-order valence-electron chi connectivity index (χ1n) is 4.98. The lowest BCUT2D eigenvalue weighted by Gasteiger charge is -2.11. The molecule has 0 aromatic carbocycles. The average molecular weight is 218 g/mol. The van der Waals surface area contributed by atoms with Crippen molar-refractivity contribution < 1.29 is 19.8 Å². The minimum atomic E-state index is -0.948. The molecule has 0 aromatic heterocycles. The summed E-state index contributed by atoms with van der Waals surface area (Å²) in [6.45, 7) is 4.56. The zero-order valence-electron chi connectivity index (χ0n) is 8.66. The van der Waals surface area contributed by atoms with Crippen molar-refractivity contribution >= 4 is 11.9 Å². The van der Waals surface area contributed by atoms with Crippen molar-refractivity contribution in [1.29, 1.82) is 0 Å². The molecule has 0 saturated carbocycles. The lowest BCUT2D eigenvalue weighted by atomic mass is 10.2. The predicted octanol–water partition coefficient (Wildman–Crippen LogP) is -0.495. The second kappa shape index (κ2) is 9.42. The summed E-state index contributed by atoms with van der Waals surface area (Å²) in [6.07, 6.45) is 0.0866. The fourth-order valence-electron chi connectivity index (χ4n) is 0.994. The van der Waals surface area contributed by atoms with E-state index in [2.05, 4.69) is 10.6 Å². The van der Waals surface area contributed by atoms with Gasteiger partial charge in [-0.25, -0.2) is 0 Å². The molecule has 88 valence electrons. The Labute approximate surface area is 88.7 Å². The standard InChI is InChI=1S/C5H8O4.C4H10N2/c6-4(7)2-1-3-5(8)9;1-2-6-4-3-5-1/h1-3H2,(H,6,7)(H,8,9);5-6H,1-4H2. The Morgan fingerprint density at radius 1 is 0.867 bits per heavy atom. The zero-order valence-corrected chi connectivity index (χ0v) is 8.66. The van der Waals surface area contributed by atoms with Crippen molar-refractivity contribution in [3.8, 4) is 0 Å². The summed E-state index contributed by atoms with van der Waals surface area (Å²) in [5.74, 6) is -1.90. The molecule has 1 aliphatic rings. The van der Waals surface area contributed by atoms with Crippen LogP contribution in [-0.4, -0.2) is 48.3 Å². The maximum atomic E-state index is 9.79. The minimum Gasteiger partial charge on any atom is -0.481 e. The van der Waals surface area contributed by atoms with Crippen LogP contribution in [0.3, 0.4) is 0 Å². The predicted molar refractivity (Wildman–Crippen MR) is 54.9 cm³/mol. The van der Waals surface area contributed by atoms with Crippen LogP contribution in [0.25, 0.3) is 0 Å². The molecule has 1 fully saturated rings. The number of aliphatic carboxylic acids is 2. The molecule has 1 saturated heterocycles. The topological polar surface area (TPSA) is 98.7 Å². The highest BCUT2D eigenvalue weighted by Crippen LogP contribution is 1.93. The summed E-state index contributed by atoms with van der Waals surface area (Å²) in [4.78, 5) is 19.6. The molecule has 1 aliphatic heterocycles. The van der Waals surface area contributed by atoms with Gasteiger partial charge in [0.25, 0.3) is 0 Å². The van der Waals surface area contributed by atoms with Crippen LogP contribution in [0.2, 0.25) is 0 Å². The Morgan fingerprint density at radius 3 is 1.40 bits per heavy atom. The highest BCUT2D eigenvalue weighted by molar-refractivity contribution is 5.69. The van der Waals surface area contributed by atoms with Crippen LogP contribution in [0.4, 0.5) is 0 Å². The molecular formula is C9H18N2O4. The summed E-state index contributed by atoms with van der Waals surface area (Å²) >= 11 is 0. The van der Waals surface area contributed by atoms with E-state index in [4.69, 9.17) is 10.2 Å². The Morgan fingerprint density at radius 2 is 1.20 bits per heavy atom. The van der Waals surface area contributed by atoms with Gasteiger partial charge in [0.2, 0.25) is 0 Å². The molecule has 0 spiro atoms. The molecule has 1 rings (SSSR count). The lowest BCUT2D eigenvalue weighted by Crippen LogP contribution is -2.39. The molecule has 0 amide bonds. The first-order valence-corrected chi connectivity index (χ1v) is 4.98. The smallest absolute Gasteiger partial charge is 0.303 e. The number of nitrogens with one attached hydrogen (secondary N) is 2. The van der Waals surface area contributed by atoms with Crippen LogP contribution in [0.15, 0.2) is 0 Å². The summed E-state index contributed by atoms with van der Waals surface area (Å²) in [5, 5.41) is 22.5. The molecule has 4 N–H and O–H groups in total. The van der Waals surface area contributed by atoms with E-state index in [0.717, 1.165) is 26.2 Å². The Balaban J connectivity index is 0.000000280. The highest BCUT2D eigenvalue weighted by Gasteiger charge is 1.99. The maximum absolute atomic E-state index is 9.79. The van der Waals surface area contributed by atoms with Gasteiger partial charge < -0.3 is 20.8 Å². The van der Waals surface area contributed by atoms with E-state index in [9.17, 15) is 9.59 Å². The van der Waals surface area contributed by atoms with Gasteiger partial charge in [0.15, 0.2) is 0 Å². The van der Waals surface area contributed by atoms with Crippen molar-refractivity contribution in [2.75, 3.05) is 26.2 Å². The van der Waals surface area contributed by atoms with E-state index in [-0.39, 0.29) is 19.3 Å². The van der Waals surface area contributed by atoms with Crippen molar-refractivity contribution in [2.45, 2.75) is 19.3 Å². The Bertz CT molecular complexity index is 167. The van der Waals surface area contributed by atoms with Gasteiger partial charge in [-0.15, -0.1) is 0 Å². The summed E-state index contributed by atoms with van der Waals surface area (Å²) < 4.78 is 0. The molecule has 15 heavy (non-hydrogen) atoms. The van der Waals surface area contributed by atoms with Crippen LogP contribution in [0.5, 0.6) is 0 Å². The number of hydrogen-bond donors (Lipinski definition) is 4. The molecule has 0 unspecified atom stereocenters. The number of hydrogen-bond acceptors (Lipinski definition) is 4. The van der Waals surface area contributed by atoms with Crippen LogP contribution in [0, 0.1) is 0 Å². The third-order valence-electron chi connectivity index (χ3n) is 1.74. The Hall–Kier alpha value is -1.14. The van der Waals surface area contributed by atoms with E-state index in [0.29, 0.717) is 0 Å². The normalized spacial score (nSPS) is 14.9. The summed E-state index contributed by atoms with van der Waals surface area (Å²) in [7, 11) is 0. The maximum Gasteiger partial charge on any atom is 0.303 e. The van der Waals surface area contributed by atoms with Crippen molar-refractivity contribution in [3.63, 3.8) is 0 Å². The largest absolute Gasteiger partial charge is 0.481 e. The van der Waals surface area contributed by atoms with Crippen molar-refractivity contribution in [3.05, 3.63) is 0 Å². The van der Waals surface area contributed by atoms with E-state index in [1.165, 1.54) is 0 Å². The molecule has 6 heteroatoms. The third-order valence-corrected chi connectivity index (χ3v) is 1.74. The van der Waals surface area contributed by atoms with Gasteiger partial charge in [-0.2, -0.15) is 0 Å². The number of carboxylic acids is 2. The number of rotatable bonds is 4. The summed E-state index contributed by atoms with van der Waals surface area (Å²) in [5.41, 5.74) is 0.